The van der Waals surface area contributed by atoms with Gasteiger partial charge in [0, 0.05) is 6.20 Å². The molecular weight excluding hydrogens is 281 g/mol. The summed E-state index contributed by atoms with van der Waals surface area (Å²) in [6, 6.07) is 10.8. The lowest BCUT2D eigenvalue weighted by Crippen LogP contribution is -2.21. The highest BCUT2D eigenvalue weighted by atomic mass is 35.5. The Morgan fingerprint density at radius 2 is 1.89 bits per heavy atom. The lowest BCUT2D eigenvalue weighted by Gasteiger charge is -2.14. The fourth-order valence-corrected chi connectivity index (χ4v) is 2.61. The van der Waals surface area contributed by atoms with E-state index in [1.165, 1.54) is 0 Å². The van der Waals surface area contributed by atoms with Gasteiger partial charge in [0.2, 0.25) is 0 Å². The average molecular weight is 292 g/mol. The minimum atomic E-state index is -0.456. The maximum absolute atomic E-state index is 12.6. The van der Waals surface area contributed by atoms with Crippen molar-refractivity contribution in [3.63, 3.8) is 0 Å². The monoisotopic (exact) mass is 291 g/mol. The smallest absolute Gasteiger partial charge is 0.191 e. The number of pyridine rings is 1. The van der Waals surface area contributed by atoms with Crippen LogP contribution in [-0.2, 0) is 5.41 Å². The second-order valence-electron chi connectivity index (χ2n) is 4.76. The summed E-state index contributed by atoms with van der Waals surface area (Å²) in [5, 5.41) is 0.991. The van der Waals surface area contributed by atoms with Gasteiger partial charge in [-0.15, -0.1) is 0 Å². The first-order valence-corrected chi connectivity index (χ1v) is 6.80. The molecule has 96 valence electrons. The number of hydrogen-bond donors (Lipinski definition) is 0. The van der Waals surface area contributed by atoms with Gasteiger partial charge in [0.1, 0.15) is 5.69 Å². The minimum absolute atomic E-state index is 0.0616. The summed E-state index contributed by atoms with van der Waals surface area (Å²) in [7, 11) is 0. The highest BCUT2D eigenvalue weighted by molar-refractivity contribution is 6.42. The normalized spacial score (nSPS) is 16.1. The second-order valence-corrected chi connectivity index (χ2v) is 5.57. The van der Waals surface area contributed by atoms with Gasteiger partial charge < -0.3 is 0 Å². The van der Waals surface area contributed by atoms with Gasteiger partial charge in [-0.05, 0) is 42.7 Å². The molecule has 2 aromatic rings. The van der Waals surface area contributed by atoms with E-state index in [4.69, 9.17) is 23.2 Å². The highest BCUT2D eigenvalue weighted by Crippen LogP contribution is 2.51. The summed E-state index contributed by atoms with van der Waals surface area (Å²) in [5.41, 5.74) is 0.978. The molecule has 0 aliphatic heterocycles. The average Bonchev–Trinajstić information content (AvgIpc) is 3.24. The SMILES string of the molecule is O=C(c1ccccn1)C1(c2ccc(Cl)c(Cl)c2)CC1. The van der Waals surface area contributed by atoms with Crippen LogP contribution in [0.15, 0.2) is 42.6 Å². The second kappa shape index (κ2) is 4.62. The molecule has 19 heavy (non-hydrogen) atoms. The van der Waals surface area contributed by atoms with Gasteiger partial charge in [-0.25, -0.2) is 0 Å². The molecule has 1 fully saturated rings. The molecule has 3 rings (SSSR count). The van der Waals surface area contributed by atoms with Gasteiger partial charge in [0.05, 0.1) is 15.5 Å². The number of benzene rings is 1. The molecule has 1 aliphatic carbocycles. The zero-order valence-electron chi connectivity index (χ0n) is 10.1. The van der Waals surface area contributed by atoms with Gasteiger partial charge in [0.25, 0.3) is 0 Å². The molecule has 4 heteroatoms. The Balaban J connectivity index is 1.99. The number of halogens is 2. The van der Waals surface area contributed by atoms with Crippen molar-refractivity contribution in [3.8, 4) is 0 Å². The number of hydrogen-bond acceptors (Lipinski definition) is 2. The maximum atomic E-state index is 12.6. The predicted molar refractivity (Wildman–Crippen MR) is 75.9 cm³/mol. The van der Waals surface area contributed by atoms with Crippen molar-refractivity contribution in [2.75, 3.05) is 0 Å². The molecule has 1 saturated carbocycles. The number of aromatic nitrogens is 1. The van der Waals surface area contributed by atoms with Gasteiger partial charge in [0.15, 0.2) is 5.78 Å². The van der Waals surface area contributed by atoms with E-state index in [1.54, 1.807) is 30.5 Å². The maximum Gasteiger partial charge on any atom is 0.191 e. The molecule has 1 heterocycles. The number of carbonyl (C=O) groups excluding carboxylic acids is 1. The number of nitrogens with zero attached hydrogens (tertiary/aromatic N) is 1. The van der Waals surface area contributed by atoms with Crippen molar-refractivity contribution in [2.45, 2.75) is 18.3 Å². The van der Waals surface area contributed by atoms with Crippen LogP contribution < -0.4 is 0 Å². The van der Waals surface area contributed by atoms with Crippen molar-refractivity contribution in [2.24, 2.45) is 0 Å². The molecule has 0 amide bonds. The van der Waals surface area contributed by atoms with Crippen LogP contribution in [0.1, 0.15) is 28.9 Å². The van der Waals surface area contributed by atoms with E-state index in [0.717, 1.165) is 18.4 Å². The third kappa shape index (κ3) is 2.15. The molecule has 2 nitrogen and oxygen atoms in total. The molecule has 0 atom stereocenters. The predicted octanol–water partition coefficient (Wildman–Crippen LogP) is 4.30. The zero-order valence-corrected chi connectivity index (χ0v) is 11.6. The standard InChI is InChI=1S/C15H11Cl2NO/c16-11-5-4-10(9-12(11)17)15(6-7-15)14(19)13-3-1-2-8-18-13/h1-5,8-9H,6-7H2. The third-order valence-corrected chi connectivity index (χ3v) is 4.29. The Morgan fingerprint density at radius 1 is 1.11 bits per heavy atom. The Bertz CT molecular complexity index is 636. The molecule has 0 unspecified atom stereocenters. The fraction of sp³-hybridized carbons (Fsp3) is 0.200. The number of ketones is 1. The number of Topliss-reactive ketones (excluding diaryl/α,β-unsaturated/α-hetero) is 1. The number of rotatable bonds is 3. The van der Waals surface area contributed by atoms with E-state index in [9.17, 15) is 4.79 Å². The summed E-state index contributed by atoms with van der Waals surface area (Å²) in [5.74, 6) is 0.0616. The highest BCUT2D eigenvalue weighted by Gasteiger charge is 2.51. The van der Waals surface area contributed by atoms with Crippen molar-refractivity contribution in [1.82, 2.24) is 4.98 Å². The molecule has 0 N–H and O–H groups in total. The zero-order chi connectivity index (χ0) is 13.5. The van der Waals surface area contributed by atoms with Crippen LogP contribution in [0.4, 0.5) is 0 Å². The molecule has 0 saturated heterocycles. The fourth-order valence-electron chi connectivity index (χ4n) is 2.31. The van der Waals surface area contributed by atoms with Crippen LogP contribution in [0, 0.1) is 0 Å². The van der Waals surface area contributed by atoms with E-state index in [2.05, 4.69) is 4.98 Å². The quantitative estimate of drug-likeness (QED) is 0.789. The summed E-state index contributed by atoms with van der Waals surface area (Å²) in [6.45, 7) is 0. The van der Waals surface area contributed by atoms with Crippen molar-refractivity contribution >= 4 is 29.0 Å². The molecule has 0 spiro atoms. The van der Waals surface area contributed by atoms with E-state index < -0.39 is 5.41 Å². The van der Waals surface area contributed by atoms with Crippen LogP contribution in [0.2, 0.25) is 10.0 Å². The Labute approximate surface area is 121 Å². The van der Waals surface area contributed by atoms with E-state index in [0.29, 0.717) is 15.7 Å². The molecule has 1 aromatic carbocycles. The summed E-state index contributed by atoms with van der Waals surface area (Å²) in [6.07, 6.45) is 3.30. The first-order valence-electron chi connectivity index (χ1n) is 6.05. The largest absolute Gasteiger partial charge is 0.291 e. The minimum Gasteiger partial charge on any atom is -0.291 e. The lowest BCUT2D eigenvalue weighted by atomic mass is 9.89. The third-order valence-electron chi connectivity index (χ3n) is 3.55. The molecule has 1 aliphatic rings. The van der Waals surface area contributed by atoms with Crippen LogP contribution in [-0.4, -0.2) is 10.8 Å². The topological polar surface area (TPSA) is 30.0 Å². The van der Waals surface area contributed by atoms with Crippen molar-refractivity contribution < 1.29 is 4.79 Å². The molecule has 1 aromatic heterocycles. The van der Waals surface area contributed by atoms with Crippen molar-refractivity contribution in [1.29, 1.82) is 0 Å². The van der Waals surface area contributed by atoms with E-state index in [-0.39, 0.29) is 5.78 Å². The van der Waals surface area contributed by atoms with Crippen LogP contribution in [0.3, 0.4) is 0 Å². The Morgan fingerprint density at radius 3 is 2.47 bits per heavy atom. The summed E-state index contributed by atoms with van der Waals surface area (Å²) < 4.78 is 0. The first kappa shape index (κ1) is 12.6. The van der Waals surface area contributed by atoms with Gasteiger partial charge in [-0.3, -0.25) is 9.78 Å². The van der Waals surface area contributed by atoms with Crippen LogP contribution >= 0.6 is 23.2 Å². The van der Waals surface area contributed by atoms with Gasteiger partial charge >= 0.3 is 0 Å². The first-order chi connectivity index (χ1) is 9.13. The van der Waals surface area contributed by atoms with Gasteiger partial charge in [-0.1, -0.05) is 35.3 Å². The van der Waals surface area contributed by atoms with E-state index in [1.807, 2.05) is 12.1 Å². The molecular formula is C15H11Cl2NO. The molecule has 0 bridgehead atoms. The van der Waals surface area contributed by atoms with Gasteiger partial charge in [-0.2, -0.15) is 0 Å². The summed E-state index contributed by atoms with van der Waals surface area (Å²) >= 11 is 12.0. The van der Waals surface area contributed by atoms with Crippen LogP contribution in [0.5, 0.6) is 0 Å². The summed E-state index contributed by atoms with van der Waals surface area (Å²) in [4.78, 5) is 16.7. The Hall–Kier alpha value is -1.38. The lowest BCUT2D eigenvalue weighted by molar-refractivity contribution is 0.0941. The van der Waals surface area contributed by atoms with Crippen molar-refractivity contribution in [3.05, 3.63) is 63.9 Å². The number of carbonyl (C=O) groups is 1. The van der Waals surface area contributed by atoms with E-state index >= 15 is 0 Å². The Kier molecular flexibility index (Phi) is 3.08. The molecule has 0 radical (unpaired) electrons. The van der Waals surface area contributed by atoms with Crippen LogP contribution in [0.25, 0.3) is 0 Å².